The molecule has 0 bridgehead atoms. The first-order chi connectivity index (χ1) is 25.8. The lowest BCUT2D eigenvalue weighted by Gasteiger charge is -2.22. The summed E-state index contributed by atoms with van der Waals surface area (Å²) in [4.78, 5) is 0. The van der Waals surface area contributed by atoms with Crippen LogP contribution in [0.3, 0.4) is 0 Å². The van der Waals surface area contributed by atoms with Gasteiger partial charge in [-0.05, 0) is 65.2 Å². The minimum Gasteiger partial charge on any atom is -0.483 e. The third-order valence-corrected chi connectivity index (χ3v) is 11.5. The molecule has 240 valence electrons. The Hall–Kier alpha value is -6.96. The highest BCUT2D eigenvalue weighted by Crippen LogP contribution is 2.54. The molecule has 4 nitrogen and oxygen atoms in total. The summed E-state index contributed by atoms with van der Waals surface area (Å²) in [6.45, 7) is 0. The third-order valence-electron chi connectivity index (χ3n) is 11.5. The van der Waals surface area contributed by atoms with Crippen LogP contribution in [0, 0.1) is 12.1 Å². The highest BCUT2D eigenvalue weighted by molar-refractivity contribution is 6.25. The number of rotatable bonds is 2. The smallest absolute Gasteiger partial charge is 0.185 e. The number of hydrogen-bond donors (Lipinski definition) is 0. The van der Waals surface area contributed by atoms with Crippen LogP contribution in [0.5, 0.6) is 5.75 Å². The van der Waals surface area contributed by atoms with Crippen molar-refractivity contribution in [2.45, 2.75) is 12.0 Å². The molecule has 0 radical (unpaired) electrons. The van der Waals surface area contributed by atoms with E-state index in [0.717, 1.165) is 71.8 Å². The predicted molar refractivity (Wildman–Crippen MR) is 208 cm³/mol. The van der Waals surface area contributed by atoms with Crippen molar-refractivity contribution in [1.82, 2.24) is 4.40 Å². The van der Waals surface area contributed by atoms with E-state index in [0.29, 0.717) is 0 Å². The van der Waals surface area contributed by atoms with E-state index in [2.05, 4.69) is 132 Å². The van der Waals surface area contributed by atoms with Gasteiger partial charge >= 0.3 is 0 Å². The molecule has 0 saturated heterocycles. The third kappa shape index (κ3) is 3.33. The number of fused-ring (bicyclic) bond motifs is 17. The predicted octanol–water partition coefficient (Wildman–Crippen LogP) is 12.7. The molecule has 0 saturated carbocycles. The summed E-state index contributed by atoms with van der Waals surface area (Å²) in [6.07, 6.45) is 4.52. The molecule has 1 aliphatic heterocycles. The van der Waals surface area contributed by atoms with Crippen molar-refractivity contribution in [2.24, 2.45) is 0 Å². The van der Waals surface area contributed by atoms with Gasteiger partial charge in [0.05, 0.1) is 16.7 Å². The van der Waals surface area contributed by atoms with Crippen molar-refractivity contribution in [3.8, 4) is 28.0 Å². The van der Waals surface area contributed by atoms with Crippen LogP contribution in [-0.2, 0) is 0 Å². The average Bonchev–Trinajstić information content (AvgIpc) is 4.00. The van der Waals surface area contributed by atoms with Crippen LogP contribution in [-0.4, -0.2) is 4.40 Å². The summed E-state index contributed by atoms with van der Waals surface area (Å²) in [5.74, 6) is 1.11. The zero-order chi connectivity index (χ0) is 33.7. The van der Waals surface area contributed by atoms with Crippen LogP contribution in [0.15, 0.2) is 142 Å². The highest BCUT2D eigenvalue weighted by atomic mass is 16.5. The monoisotopic (exact) mass is 663 g/mol. The molecule has 0 fully saturated rings. The second-order valence-electron chi connectivity index (χ2n) is 14.2. The summed E-state index contributed by atoms with van der Waals surface area (Å²) in [5.41, 5.74) is 13.8. The topological polar surface area (TPSA) is 39.9 Å². The van der Waals surface area contributed by atoms with Gasteiger partial charge < -0.3 is 18.0 Å². The van der Waals surface area contributed by atoms with Crippen LogP contribution in [0.1, 0.15) is 28.8 Å². The molecular weight excluding hydrogens is 639 g/mol. The maximum absolute atomic E-state index is 6.82. The quantitative estimate of drug-likeness (QED) is 0.185. The molecule has 2 unspecified atom stereocenters. The average molecular weight is 664 g/mol. The molecule has 0 amide bonds. The van der Waals surface area contributed by atoms with Crippen molar-refractivity contribution in [3.05, 3.63) is 162 Å². The second-order valence-corrected chi connectivity index (χ2v) is 14.2. The Bertz CT molecular complexity index is 3340. The molecule has 0 spiro atoms. The second kappa shape index (κ2) is 9.42. The van der Waals surface area contributed by atoms with Gasteiger partial charge in [-0.3, -0.25) is 0 Å². The SMILES string of the molecule is c1c(-c2ccc(-c3cc4c5c(n6c4c(c3)c3ccc4c7ccccc7oc4c36)C3Oc4ccccc4C3C=C5)cc2)cc2c(c#1)oc1ccccc12. The Morgan fingerprint density at radius 1 is 0.538 bits per heavy atom. The lowest BCUT2D eigenvalue weighted by molar-refractivity contribution is 0.217. The molecule has 2 atom stereocenters. The van der Waals surface area contributed by atoms with Crippen molar-refractivity contribution in [3.63, 3.8) is 0 Å². The largest absolute Gasteiger partial charge is 0.483 e. The zero-order valence-electron chi connectivity index (χ0n) is 27.6. The van der Waals surface area contributed by atoms with Gasteiger partial charge in [-0.25, -0.2) is 0 Å². The zero-order valence-corrected chi connectivity index (χ0v) is 27.6. The molecule has 4 aromatic heterocycles. The van der Waals surface area contributed by atoms with Crippen molar-refractivity contribution < 1.29 is 13.6 Å². The van der Waals surface area contributed by atoms with Crippen molar-refractivity contribution in [1.29, 1.82) is 0 Å². The van der Waals surface area contributed by atoms with E-state index in [1.165, 1.54) is 44.1 Å². The standard InChI is InChI=1S/C48H25NO3/c1-5-11-41-30(7-1)35-20-18-33-38-24-29(27-15-13-26(14-16-27)28-17-22-43-37(23-28)32-9-3-4-10-40(32)50-43)25-39-34-19-21-36-31-8-2-6-12-42(31)52-48(36)46(34)49(44(38)39)45(33)47(35)51-41/h1-16,18-21,23-25,35,47H. The minimum atomic E-state index is -0.135. The van der Waals surface area contributed by atoms with Gasteiger partial charge in [-0.2, -0.15) is 0 Å². The van der Waals surface area contributed by atoms with E-state index in [1.807, 2.05) is 24.3 Å². The van der Waals surface area contributed by atoms with E-state index in [1.54, 1.807) is 0 Å². The van der Waals surface area contributed by atoms with Crippen LogP contribution >= 0.6 is 0 Å². The molecule has 2 aliphatic rings. The Labute approximate surface area is 296 Å². The van der Waals surface area contributed by atoms with Crippen LogP contribution in [0.2, 0.25) is 0 Å². The number of para-hydroxylation sites is 3. The number of hydrogen-bond acceptors (Lipinski definition) is 3. The van der Waals surface area contributed by atoms with Gasteiger partial charge in [-0.1, -0.05) is 103 Å². The molecule has 0 N–H and O–H groups in total. The first-order valence-electron chi connectivity index (χ1n) is 17.7. The molecule has 1 aliphatic carbocycles. The Balaban J connectivity index is 1.04. The van der Waals surface area contributed by atoms with E-state index in [-0.39, 0.29) is 12.0 Å². The summed E-state index contributed by atoms with van der Waals surface area (Å²) in [7, 11) is 0. The summed E-state index contributed by atoms with van der Waals surface area (Å²) >= 11 is 0. The molecule has 7 aromatic carbocycles. The minimum absolute atomic E-state index is 0.135. The fraction of sp³-hybridized carbons (Fsp3) is 0.0417. The van der Waals surface area contributed by atoms with Crippen LogP contribution < -0.4 is 4.74 Å². The van der Waals surface area contributed by atoms with Crippen LogP contribution in [0.4, 0.5) is 0 Å². The first kappa shape index (κ1) is 26.8. The lowest BCUT2D eigenvalue weighted by Crippen LogP contribution is -2.14. The van der Waals surface area contributed by atoms with Gasteiger partial charge in [0.1, 0.15) is 23.0 Å². The first-order valence-corrected chi connectivity index (χ1v) is 17.7. The summed E-state index contributed by atoms with van der Waals surface area (Å²) in [6, 6.07) is 51.7. The van der Waals surface area contributed by atoms with Gasteiger partial charge in [0.2, 0.25) is 0 Å². The summed E-state index contributed by atoms with van der Waals surface area (Å²) in [5, 5.41) is 8.02. The highest BCUT2D eigenvalue weighted by Gasteiger charge is 2.41. The number of furan rings is 2. The van der Waals surface area contributed by atoms with E-state index in [4.69, 9.17) is 13.6 Å². The molecule has 11 aromatic rings. The molecule has 52 heavy (non-hydrogen) atoms. The van der Waals surface area contributed by atoms with Crippen LogP contribution in [0.25, 0.3) is 99.4 Å². The maximum atomic E-state index is 6.82. The van der Waals surface area contributed by atoms with E-state index < -0.39 is 0 Å². The normalized spacial score (nSPS) is 16.4. The number of benzene rings is 6. The summed E-state index contributed by atoms with van der Waals surface area (Å²) < 4.78 is 22.0. The fourth-order valence-electron chi connectivity index (χ4n) is 9.20. The Morgan fingerprint density at radius 3 is 2.15 bits per heavy atom. The maximum Gasteiger partial charge on any atom is 0.185 e. The van der Waals surface area contributed by atoms with E-state index >= 15 is 0 Å². The number of ether oxygens (including phenoxy) is 1. The number of aromatic nitrogens is 1. The molecule has 13 rings (SSSR count). The Morgan fingerprint density at radius 2 is 1.27 bits per heavy atom. The fourth-order valence-corrected chi connectivity index (χ4v) is 9.20. The Kier molecular flexibility index (Phi) is 4.87. The van der Waals surface area contributed by atoms with Gasteiger partial charge in [-0.15, -0.1) is 0 Å². The van der Waals surface area contributed by atoms with Gasteiger partial charge in [0, 0.05) is 60.3 Å². The molecule has 5 heterocycles. The molecular formula is C48H25NO3. The van der Waals surface area contributed by atoms with Crippen molar-refractivity contribution >= 4 is 77.1 Å². The van der Waals surface area contributed by atoms with Gasteiger partial charge in [0.15, 0.2) is 11.2 Å². The number of nitrogens with zero attached hydrogens (tertiary/aromatic N) is 1. The molecule has 4 heteroatoms. The lowest BCUT2D eigenvalue weighted by atomic mass is 9.86. The van der Waals surface area contributed by atoms with Crippen molar-refractivity contribution in [2.75, 3.05) is 0 Å². The van der Waals surface area contributed by atoms with E-state index in [9.17, 15) is 0 Å². The van der Waals surface area contributed by atoms with Gasteiger partial charge in [0.25, 0.3) is 0 Å².